The van der Waals surface area contributed by atoms with Crippen LogP contribution in [0.5, 0.6) is 0 Å². The topological polar surface area (TPSA) is 37.3 Å². The molecule has 0 amide bonds. The fraction of sp³-hybridized carbons (Fsp3) is 0.125. The lowest BCUT2D eigenvalue weighted by Crippen LogP contribution is -2.05. The van der Waals surface area contributed by atoms with Crippen LogP contribution in [0.15, 0.2) is 12.1 Å². The highest BCUT2D eigenvalue weighted by Gasteiger charge is 2.13. The van der Waals surface area contributed by atoms with Gasteiger partial charge >= 0.3 is 5.97 Å². The Morgan fingerprint density at radius 1 is 1.23 bits per heavy atom. The number of carbonyl (C=O) groups is 1. The van der Waals surface area contributed by atoms with Gasteiger partial charge in [0.2, 0.25) is 0 Å². The molecule has 1 aromatic carbocycles. The van der Waals surface area contributed by atoms with Gasteiger partial charge in [0, 0.05) is 17.7 Å². The molecule has 0 bridgehead atoms. The highest BCUT2D eigenvalue weighted by molar-refractivity contribution is 5.70. The van der Waals surface area contributed by atoms with E-state index in [2.05, 4.69) is 0 Å². The van der Waals surface area contributed by atoms with Crippen LogP contribution >= 0.6 is 0 Å². The van der Waals surface area contributed by atoms with E-state index in [0.29, 0.717) is 12.1 Å². The van der Waals surface area contributed by atoms with Crippen LogP contribution in [0.25, 0.3) is 0 Å². The Labute approximate surface area is 71.6 Å². The van der Waals surface area contributed by atoms with Crippen LogP contribution in [0.2, 0.25) is 0 Å². The van der Waals surface area contributed by atoms with Crippen molar-refractivity contribution in [3.05, 3.63) is 35.1 Å². The van der Waals surface area contributed by atoms with Gasteiger partial charge in [-0.15, -0.1) is 0 Å². The van der Waals surface area contributed by atoms with Crippen molar-refractivity contribution in [3.63, 3.8) is 0 Å². The fourth-order valence-electron chi connectivity index (χ4n) is 0.892. The molecule has 0 unspecified atom stereocenters. The maximum absolute atomic E-state index is 12.7. The SMILES string of the molecule is O=C(O)Cc1c(F)cc(F)cc1F. The van der Waals surface area contributed by atoms with E-state index in [0.717, 1.165) is 0 Å². The maximum Gasteiger partial charge on any atom is 0.308 e. The van der Waals surface area contributed by atoms with Crippen LogP contribution in [0.3, 0.4) is 0 Å². The third-order valence-corrected chi connectivity index (χ3v) is 1.43. The Morgan fingerprint density at radius 3 is 2.08 bits per heavy atom. The molecule has 0 aliphatic heterocycles. The molecular weight excluding hydrogens is 185 g/mol. The molecule has 2 nitrogen and oxygen atoms in total. The van der Waals surface area contributed by atoms with Crippen molar-refractivity contribution in [2.45, 2.75) is 6.42 Å². The highest BCUT2D eigenvalue weighted by Crippen LogP contribution is 2.14. The number of carboxylic acid groups (broad SMARTS) is 1. The Kier molecular flexibility index (Phi) is 2.55. The largest absolute Gasteiger partial charge is 0.481 e. The van der Waals surface area contributed by atoms with Gasteiger partial charge in [-0.2, -0.15) is 0 Å². The number of rotatable bonds is 2. The molecule has 0 spiro atoms. The van der Waals surface area contributed by atoms with E-state index in [-0.39, 0.29) is 0 Å². The quantitative estimate of drug-likeness (QED) is 0.771. The van der Waals surface area contributed by atoms with Gasteiger partial charge in [-0.05, 0) is 0 Å². The molecule has 1 aromatic rings. The van der Waals surface area contributed by atoms with Crippen molar-refractivity contribution in [3.8, 4) is 0 Å². The number of hydrogen-bond donors (Lipinski definition) is 1. The van der Waals surface area contributed by atoms with Crippen molar-refractivity contribution in [1.82, 2.24) is 0 Å². The van der Waals surface area contributed by atoms with Crippen LogP contribution in [0, 0.1) is 17.5 Å². The molecule has 0 aliphatic rings. The van der Waals surface area contributed by atoms with Gasteiger partial charge in [0.25, 0.3) is 0 Å². The Hall–Kier alpha value is -1.52. The Morgan fingerprint density at radius 2 is 1.69 bits per heavy atom. The molecule has 1 rings (SSSR count). The fourth-order valence-corrected chi connectivity index (χ4v) is 0.892. The highest BCUT2D eigenvalue weighted by atomic mass is 19.1. The number of halogens is 3. The molecule has 0 saturated heterocycles. The lowest BCUT2D eigenvalue weighted by molar-refractivity contribution is -0.136. The van der Waals surface area contributed by atoms with E-state index in [1.54, 1.807) is 0 Å². The van der Waals surface area contributed by atoms with Crippen LogP contribution in [-0.2, 0) is 11.2 Å². The first kappa shape index (κ1) is 9.57. The van der Waals surface area contributed by atoms with Gasteiger partial charge in [-0.1, -0.05) is 0 Å². The molecule has 13 heavy (non-hydrogen) atoms. The molecule has 0 fully saturated rings. The summed E-state index contributed by atoms with van der Waals surface area (Å²) >= 11 is 0. The molecule has 5 heteroatoms. The van der Waals surface area contributed by atoms with Gasteiger partial charge in [0.15, 0.2) is 0 Å². The summed E-state index contributed by atoms with van der Waals surface area (Å²) in [5, 5.41) is 8.26. The summed E-state index contributed by atoms with van der Waals surface area (Å²) in [4.78, 5) is 10.1. The summed E-state index contributed by atoms with van der Waals surface area (Å²) in [5.74, 6) is -4.80. The van der Waals surface area contributed by atoms with E-state index in [1.807, 2.05) is 0 Å². The average molecular weight is 190 g/mol. The summed E-state index contributed by atoms with van der Waals surface area (Å²) in [7, 11) is 0. The number of carboxylic acids is 1. The second-order valence-electron chi connectivity index (χ2n) is 2.42. The van der Waals surface area contributed by atoms with Crippen molar-refractivity contribution in [2.75, 3.05) is 0 Å². The average Bonchev–Trinajstić information content (AvgIpc) is 1.96. The molecule has 0 atom stereocenters. The van der Waals surface area contributed by atoms with Gasteiger partial charge in [0.05, 0.1) is 6.42 Å². The van der Waals surface area contributed by atoms with E-state index < -0.39 is 35.4 Å². The number of benzene rings is 1. The molecule has 70 valence electrons. The third kappa shape index (κ3) is 2.21. The van der Waals surface area contributed by atoms with Crippen molar-refractivity contribution in [2.24, 2.45) is 0 Å². The zero-order valence-corrected chi connectivity index (χ0v) is 6.35. The Bertz CT molecular complexity index is 326. The normalized spacial score (nSPS) is 10.1. The predicted octanol–water partition coefficient (Wildman–Crippen LogP) is 1.73. The summed E-state index contributed by atoms with van der Waals surface area (Å²) in [6, 6.07) is 0.892. The predicted molar refractivity (Wildman–Crippen MR) is 37.7 cm³/mol. The van der Waals surface area contributed by atoms with Crippen molar-refractivity contribution in [1.29, 1.82) is 0 Å². The first-order valence-corrected chi connectivity index (χ1v) is 3.36. The second-order valence-corrected chi connectivity index (χ2v) is 2.42. The van der Waals surface area contributed by atoms with Gasteiger partial charge < -0.3 is 5.11 Å². The van der Waals surface area contributed by atoms with Gasteiger partial charge in [-0.3, -0.25) is 4.79 Å². The zero-order chi connectivity index (χ0) is 10.0. The lowest BCUT2D eigenvalue weighted by atomic mass is 10.1. The minimum absolute atomic E-state index is 0.446. The van der Waals surface area contributed by atoms with Crippen LogP contribution < -0.4 is 0 Å². The molecule has 0 radical (unpaired) electrons. The van der Waals surface area contributed by atoms with E-state index in [4.69, 9.17) is 5.11 Å². The third-order valence-electron chi connectivity index (χ3n) is 1.43. The van der Waals surface area contributed by atoms with Gasteiger partial charge in [0.1, 0.15) is 17.5 Å². The second kappa shape index (κ2) is 3.47. The maximum atomic E-state index is 12.7. The van der Waals surface area contributed by atoms with Gasteiger partial charge in [-0.25, -0.2) is 13.2 Å². The molecule has 0 heterocycles. The van der Waals surface area contributed by atoms with E-state index >= 15 is 0 Å². The number of aliphatic carboxylic acids is 1. The molecule has 0 aliphatic carbocycles. The van der Waals surface area contributed by atoms with Crippen molar-refractivity contribution >= 4 is 5.97 Å². The lowest BCUT2D eigenvalue weighted by Gasteiger charge is -2.01. The van der Waals surface area contributed by atoms with Crippen LogP contribution in [0.1, 0.15) is 5.56 Å². The summed E-state index contributed by atoms with van der Waals surface area (Å²) in [6.07, 6.45) is -0.794. The molecule has 0 saturated carbocycles. The molecule has 0 aromatic heterocycles. The Balaban J connectivity index is 3.13. The summed E-state index contributed by atoms with van der Waals surface area (Å²) in [5.41, 5.74) is -0.631. The smallest absolute Gasteiger partial charge is 0.308 e. The summed E-state index contributed by atoms with van der Waals surface area (Å²) in [6.45, 7) is 0. The first-order chi connectivity index (χ1) is 6.00. The molecular formula is C8H5F3O2. The van der Waals surface area contributed by atoms with Crippen molar-refractivity contribution < 1.29 is 23.1 Å². The zero-order valence-electron chi connectivity index (χ0n) is 6.35. The standard InChI is InChI=1S/C8H5F3O2/c9-4-1-6(10)5(3-8(12)13)7(11)2-4/h1-2H,3H2,(H,12,13). The number of hydrogen-bond acceptors (Lipinski definition) is 1. The minimum Gasteiger partial charge on any atom is -0.481 e. The van der Waals surface area contributed by atoms with Crippen LogP contribution in [0.4, 0.5) is 13.2 Å². The minimum atomic E-state index is -1.37. The van der Waals surface area contributed by atoms with E-state index in [9.17, 15) is 18.0 Å². The monoisotopic (exact) mass is 190 g/mol. The van der Waals surface area contributed by atoms with Crippen LogP contribution in [-0.4, -0.2) is 11.1 Å². The molecule has 1 N–H and O–H groups in total. The first-order valence-electron chi connectivity index (χ1n) is 3.36. The summed E-state index contributed by atoms with van der Waals surface area (Å²) < 4.78 is 37.8. The van der Waals surface area contributed by atoms with E-state index in [1.165, 1.54) is 0 Å².